The standard InChI is InChI=1S/C21H29N3O6S2/c1-2-24-19-7-6-17(32(28,29)23-9-4-3-5-10-23)13-18(19)22-20(24)14-30-21(25)12-16-8-11-31(26,27)15-16/h6-7,13,16H,2-5,8-12,14-15H2,1H3. The molecule has 1 aromatic carbocycles. The number of rotatable bonds is 7. The zero-order chi connectivity index (χ0) is 22.9. The van der Waals surface area contributed by atoms with E-state index < -0.39 is 25.8 Å². The Morgan fingerprint density at radius 3 is 2.62 bits per heavy atom. The zero-order valence-corrected chi connectivity index (χ0v) is 19.8. The number of piperidine rings is 1. The van der Waals surface area contributed by atoms with Crippen molar-refractivity contribution in [1.82, 2.24) is 13.9 Å². The van der Waals surface area contributed by atoms with Crippen molar-refractivity contribution in [3.8, 4) is 0 Å². The Labute approximate surface area is 188 Å². The summed E-state index contributed by atoms with van der Waals surface area (Å²) in [6, 6.07) is 4.94. The average Bonchev–Trinajstić information content (AvgIpc) is 3.30. The molecule has 0 spiro atoms. The highest BCUT2D eigenvalue weighted by atomic mass is 32.2. The van der Waals surface area contributed by atoms with Crippen LogP contribution in [-0.4, -0.2) is 61.3 Å². The summed E-state index contributed by atoms with van der Waals surface area (Å²) in [5.41, 5.74) is 1.32. The predicted octanol–water partition coefficient (Wildman–Crippen LogP) is 2.10. The van der Waals surface area contributed by atoms with Gasteiger partial charge in [0.15, 0.2) is 9.84 Å². The van der Waals surface area contributed by atoms with Crippen LogP contribution in [0, 0.1) is 5.92 Å². The lowest BCUT2D eigenvalue weighted by Crippen LogP contribution is -2.35. The van der Waals surface area contributed by atoms with Crippen molar-refractivity contribution in [3.63, 3.8) is 0 Å². The second kappa shape index (κ2) is 9.11. The van der Waals surface area contributed by atoms with Crippen molar-refractivity contribution in [3.05, 3.63) is 24.0 Å². The number of benzene rings is 1. The Kier molecular flexibility index (Phi) is 6.60. The van der Waals surface area contributed by atoms with E-state index in [4.69, 9.17) is 4.74 Å². The van der Waals surface area contributed by atoms with Crippen LogP contribution in [0.1, 0.15) is 44.9 Å². The number of aryl methyl sites for hydroxylation is 1. The largest absolute Gasteiger partial charge is 0.457 e. The van der Waals surface area contributed by atoms with E-state index in [1.807, 2.05) is 11.5 Å². The molecular weight excluding hydrogens is 454 g/mol. The van der Waals surface area contributed by atoms with Crippen LogP contribution in [0.15, 0.2) is 23.1 Å². The van der Waals surface area contributed by atoms with Crippen molar-refractivity contribution in [2.45, 2.75) is 57.1 Å². The lowest BCUT2D eigenvalue weighted by Gasteiger charge is -2.25. The van der Waals surface area contributed by atoms with Crippen LogP contribution in [0.25, 0.3) is 11.0 Å². The van der Waals surface area contributed by atoms with Gasteiger partial charge in [-0.25, -0.2) is 21.8 Å². The summed E-state index contributed by atoms with van der Waals surface area (Å²) in [6.45, 7) is 3.55. The third-order valence-electron chi connectivity index (χ3n) is 6.21. The number of sulfone groups is 1. The number of hydrogen-bond acceptors (Lipinski definition) is 7. The quantitative estimate of drug-likeness (QED) is 0.554. The van der Waals surface area contributed by atoms with Crippen LogP contribution < -0.4 is 0 Å². The third kappa shape index (κ3) is 4.84. The molecule has 1 atom stereocenters. The second-order valence-electron chi connectivity index (χ2n) is 8.52. The van der Waals surface area contributed by atoms with Crippen LogP contribution in [0.2, 0.25) is 0 Å². The molecule has 4 rings (SSSR count). The van der Waals surface area contributed by atoms with Crippen molar-refractivity contribution < 1.29 is 26.4 Å². The minimum Gasteiger partial charge on any atom is -0.457 e. The summed E-state index contributed by atoms with van der Waals surface area (Å²) in [6.07, 6.45) is 3.34. The fourth-order valence-corrected chi connectivity index (χ4v) is 7.91. The Hall–Kier alpha value is -1.98. The number of aromatic nitrogens is 2. The molecule has 1 unspecified atom stereocenters. The van der Waals surface area contributed by atoms with Gasteiger partial charge in [-0.05, 0) is 50.3 Å². The highest BCUT2D eigenvalue weighted by molar-refractivity contribution is 7.91. The first-order valence-electron chi connectivity index (χ1n) is 11.0. The molecule has 3 heterocycles. The second-order valence-corrected chi connectivity index (χ2v) is 12.7. The predicted molar refractivity (Wildman–Crippen MR) is 119 cm³/mol. The summed E-state index contributed by atoms with van der Waals surface area (Å²) in [5.74, 6) is 0.0425. The Bertz CT molecular complexity index is 1210. The maximum atomic E-state index is 13.0. The van der Waals surface area contributed by atoms with Crippen LogP contribution in [0.5, 0.6) is 0 Å². The van der Waals surface area contributed by atoms with E-state index >= 15 is 0 Å². The van der Waals surface area contributed by atoms with Gasteiger partial charge in [-0.3, -0.25) is 4.79 Å². The normalized spacial score (nSPS) is 21.7. The molecule has 2 aliphatic rings. The van der Waals surface area contributed by atoms with E-state index in [-0.39, 0.29) is 35.3 Å². The molecule has 9 nitrogen and oxygen atoms in total. The lowest BCUT2D eigenvalue weighted by atomic mass is 10.1. The minimum atomic E-state index is -3.56. The van der Waals surface area contributed by atoms with Crippen LogP contribution in [-0.2, 0) is 42.5 Å². The lowest BCUT2D eigenvalue weighted by molar-refractivity contribution is -0.146. The molecule has 32 heavy (non-hydrogen) atoms. The summed E-state index contributed by atoms with van der Waals surface area (Å²) in [4.78, 5) is 17.0. The maximum absolute atomic E-state index is 13.0. The van der Waals surface area contributed by atoms with Gasteiger partial charge in [-0.15, -0.1) is 0 Å². The molecule has 0 radical (unpaired) electrons. The van der Waals surface area contributed by atoms with Gasteiger partial charge in [0, 0.05) is 26.1 Å². The van der Waals surface area contributed by atoms with Crippen molar-refractivity contribution in [2.24, 2.45) is 5.92 Å². The summed E-state index contributed by atoms with van der Waals surface area (Å²) in [7, 11) is -6.60. The zero-order valence-electron chi connectivity index (χ0n) is 18.2. The third-order valence-corrected chi connectivity index (χ3v) is 9.94. The minimum absolute atomic E-state index is 0.0316. The molecule has 0 aliphatic carbocycles. The molecule has 0 amide bonds. The Morgan fingerprint density at radius 1 is 1.22 bits per heavy atom. The van der Waals surface area contributed by atoms with Gasteiger partial charge in [0.1, 0.15) is 12.4 Å². The van der Waals surface area contributed by atoms with Gasteiger partial charge in [0.2, 0.25) is 10.0 Å². The molecule has 2 aliphatic heterocycles. The van der Waals surface area contributed by atoms with E-state index in [0.29, 0.717) is 37.4 Å². The first kappa shape index (κ1) is 23.2. The van der Waals surface area contributed by atoms with Gasteiger partial charge < -0.3 is 9.30 Å². The average molecular weight is 484 g/mol. The van der Waals surface area contributed by atoms with E-state index in [1.165, 1.54) is 4.31 Å². The number of nitrogens with zero attached hydrogens (tertiary/aromatic N) is 3. The SMILES string of the molecule is CCn1c(COC(=O)CC2CCS(=O)(=O)C2)nc2cc(S(=O)(=O)N3CCCCC3)ccc21. The van der Waals surface area contributed by atoms with Gasteiger partial charge in [0.25, 0.3) is 0 Å². The number of ether oxygens (including phenoxy) is 1. The fraction of sp³-hybridized carbons (Fsp3) is 0.619. The van der Waals surface area contributed by atoms with Crippen LogP contribution in [0.3, 0.4) is 0 Å². The van der Waals surface area contributed by atoms with Gasteiger partial charge in [-0.1, -0.05) is 6.42 Å². The molecule has 2 saturated heterocycles. The maximum Gasteiger partial charge on any atom is 0.306 e. The number of imidazole rings is 1. The summed E-state index contributed by atoms with van der Waals surface area (Å²) >= 11 is 0. The molecule has 1 aromatic heterocycles. The summed E-state index contributed by atoms with van der Waals surface area (Å²) in [5, 5.41) is 0. The summed E-state index contributed by atoms with van der Waals surface area (Å²) < 4.78 is 57.9. The highest BCUT2D eigenvalue weighted by Crippen LogP contribution is 2.26. The number of carbonyl (C=O) groups excluding carboxylic acids is 1. The topological polar surface area (TPSA) is 116 Å². The monoisotopic (exact) mass is 483 g/mol. The van der Waals surface area contributed by atoms with Crippen LogP contribution in [0.4, 0.5) is 0 Å². The molecule has 0 saturated carbocycles. The molecule has 2 fully saturated rings. The molecule has 0 N–H and O–H groups in total. The van der Waals surface area contributed by atoms with Crippen molar-refractivity contribution in [2.75, 3.05) is 24.6 Å². The van der Waals surface area contributed by atoms with Gasteiger partial charge >= 0.3 is 5.97 Å². The Balaban J connectivity index is 1.49. The van der Waals surface area contributed by atoms with Crippen molar-refractivity contribution >= 4 is 36.9 Å². The number of fused-ring (bicyclic) bond motifs is 1. The van der Waals surface area contributed by atoms with Gasteiger partial charge in [-0.2, -0.15) is 4.31 Å². The number of sulfonamides is 1. The van der Waals surface area contributed by atoms with Crippen molar-refractivity contribution in [1.29, 1.82) is 0 Å². The first-order valence-corrected chi connectivity index (χ1v) is 14.3. The fourth-order valence-electron chi connectivity index (χ4n) is 4.51. The van der Waals surface area contributed by atoms with E-state index in [9.17, 15) is 21.6 Å². The van der Waals surface area contributed by atoms with Gasteiger partial charge in [0.05, 0.1) is 27.4 Å². The molecule has 0 bridgehead atoms. The molecule has 2 aromatic rings. The molecule has 176 valence electrons. The number of esters is 1. The van der Waals surface area contributed by atoms with Crippen LogP contribution >= 0.6 is 0 Å². The molecular formula is C21H29N3O6S2. The van der Waals surface area contributed by atoms with E-state index in [2.05, 4.69) is 4.98 Å². The van der Waals surface area contributed by atoms with E-state index in [1.54, 1.807) is 18.2 Å². The molecule has 11 heteroatoms. The Morgan fingerprint density at radius 2 is 1.97 bits per heavy atom. The number of hydrogen-bond donors (Lipinski definition) is 0. The highest BCUT2D eigenvalue weighted by Gasteiger charge is 2.30. The smallest absolute Gasteiger partial charge is 0.306 e. The van der Waals surface area contributed by atoms with E-state index in [0.717, 1.165) is 24.8 Å². The first-order chi connectivity index (χ1) is 15.2. The number of carbonyl (C=O) groups is 1.